The molecule has 0 bridgehead atoms. The first-order valence-electron chi connectivity index (χ1n) is 9.02. The largest absolute Gasteiger partial charge is 0.343 e. The van der Waals surface area contributed by atoms with Crippen molar-refractivity contribution in [1.82, 2.24) is 19.8 Å². The molecule has 2 saturated heterocycles. The fourth-order valence-electron chi connectivity index (χ4n) is 3.98. The van der Waals surface area contributed by atoms with Gasteiger partial charge in [0.15, 0.2) is 0 Å². The molecule has 2 fully saturated rings. The van der Waals surface area contributed by atoms with Gasteiger partial charge >= 0.3 is 0 Å². The lowest BCUT2D eigenvalue weighted by Crippen LogP contribution is -2.51. The van der Waals surface area contributed by atoms with Crippen molar-refractivity contribution >= 4 is 21.8 Å². The van der Waals surface area contributed by atoms with Gasteiger partial charge in [-0.15, -0.1) is 0 Å². The second kappa shape index (κ2) is 7.95. The molecule has 1 aromatic rings. The molecule has 9 heteroatoms. The number of carbonyl (C=O) groups excluding carboxylic acids is 2. The Balaban J connectivity index is 1.80. The smallest absolute Gasteiger partial charge is 0.246 e. The zero-order valence-corrected chi connectivity index (χ0v) is 16.4. The molecule has 3 atom stereocenters. The van der Waals surface area contributed by atoms with E-state index in [9.17, 15) is 18.0 Å². The summed E-state index contributed by atoms with van der Waals surface area (Å²) in [5.74, 6) is -0.403. The number of rotatable bonds is 5. The molecule has 1 aromatic carbocycles. The van der Waals surface area contributed by atoms with Gasteiger partial charge in [-0.25, -0.2) is 13.1 Å². The van der Waals surface area contributed by atoms with Crippen LogP contribution in [0.5, 0.6) is 0 Å². The van der Waals surface area contributed by atoms with Crippen LogP contribution in [0.2, 0.25) is 0 Å². The average Bonchev–Trinajstić information content (AvgIpc) is 2.89. The number of nitrogens with one attached hydrogen (secondary N) is 2. The van der Waals surface area contributed by atoms with E-state index < -0.39 is 16.1 Å². The maximum atomic E-state index is 13.0. The predicted octanol–water partition coefficient (Wildman–Crippen LogP) is -0.474. The zero-order valence-electron chi connectivity index (χ0n) is 15.6. The molecule has 148 valence electrons. The summed E-state index contributed by atoms with van der Waals surface area (Å²) in [5, 5.41) is 2.75. The van der Waals surface area contributed by atoms with Crippen molar-refractivity contribution in [2.45, 2.75) is 38.0 Å². The van der Waals surface area contributed by atoms with Crippen LogP contribution in [0.4, 0.5) is 0 Å². The molecule has 27 heavy (non-hydrogen) atoms. The predicted molar refractivity (Wildman–Crippen MR) is 101 cm³/mol. The lowest BCUT2D eigenvalue weighted by molar-refractivity contribution is -0.135. The minimum Gasteiger partial charge on any atom is -0.343 e. The first kappa shape index (κ1) is 19.8. The van der Waals surface area contributed by atoms with E-state index in [0.717, 1.165) is 11.8 Å². The molecule has 2 N–H and O–H groups in total. The van der Waals surface area contributed by atoms with Crippen LogP contribution in [0.1, 0.15) is 18.9 Å². The molecular formula is C18H26N4O4S. The van der Waals surface area contributed by atoms with Crippen LogP contribution in [0, 0.1) is 0 Å². The molecule has 0 unspecified atom stereocenters. The van der Waals surface area contributed by atoms with Crippen molar-refractivity contribution in [2.75, 3.05) is 25.9 Å². The van der Waals surface area contributed by atoms with Crippen LogP contribution < -0.4 is 10.0 Å². The number of amides is 2. The Labute approximate surface area is 160 Å². The molecule has 2 heterocycles. The van der Waals surface area contributed by atoms with Crippen LogP contribution in [-0.2, 0) is 26.2 Å². The molecule has 0 spiro atoms. The summed E-state index contributed by atoms with van der Waals surface area (Å²) >= 11 is 0. The van der Waals surface area contributed by atoms with Crippen LogP contribution in [0.3, 0.4) is 0 Å². The number of carbonyl (C=O) groups is 2. The molecule has 0 aliphatic carbocycles. The van der Waals surface area contributed by atoms with Gasteiger partial charge in [0.2, 0.25) is 21.8 Å². The third-order valence-electron chi connectivity index (χ3n) is 4.91. The summed E-state index contributed by atoms with van der Waals surface area (Å²) in [4.78, 5) is 28.4. The second-order valence-corrected chi connectivity index (χ2v) is 9.18. The zero-order chi connectivity index (χ0) is 19.6. The van der Waals surface area contributed by atoms with Gasteiger partial charge < -0.3 is 10.2 Å². The molecule has 2 aliphatic rings. The van der Waals surface area contributed by atoms with Gasteiger partial charge in [-0.1, -0.05) is 30.3 Å². The van der Waals surface area contributed by atoms with Gasteiger partial charge in [0.1, 0.15) is 6.04 Å². The maximum absolute atomic E-state index is 13.0. The molecule has 3 rings (SSSR count). The third kappa shape index (κ3) is 5.27. The van der Waals surface area contributed by atoms with Gasteiger partial charge in [0.25, 0.3) is 0 Å². The number of hydrogen-bond acceptors (Lipinski definition) is 5. The summed E-state index contributed by atoms with van der Waals surface area (Å²) in [6.45, 7) is 3.46. The van der Waals surface area contributed by atoms with Gasteiger partial charge in [-0.2, -0.15) is 0 Å². The highest BCUT2D eigenvalue weighted by Crippen LogP contribution is 2.24. The first-order chi connectivity index (χ1) is 12.7. The third-order valence-corrected chi connectivity index (χ3v) is 5.67. The van der Waals surface area contributed by atoms with Crippen molar-refractivity contribution in [3.8, 4) is 0 Å². The summed E-state index contributed by atoms with van der Waals surface area (Å²) in [6, 6.07) is 8.93. The molecule has 0 aromatic heterocycles. The Morgan fingerprint density at radius 1 is 1.19 bits per heavy atom. The average molecular weight is 394 g/mol. The van der Waals surface area contributed by atoms with E-state index in [1.807, 2.05) is 30.3 Å². The number of benzene rings is 1. The Kier molecular flexibility index (Phi) is 5.83. The van der Waals surface area contributed by atoms with Gasteiger partial charge in [0, 0.05) is 45.2 Å². The second-order valence-electron chi connectivity index (χ2n) is 7.40. The molecule has 2 aliphatic heterocycles. The van der Waals surface area contributed by atoms with Crippen LogP contribution in [0.15, 0.2) is 30.3 Å². The lowest BCUT2D eigenvalue weighted by Gasteiger charge is -2.25. The van der Waals surface area contributed by atoms with E-state index in [1.54, 1.807) is 4.90 Å². The van der Waals surface area contributed by atoms with Crippen LogP contribution in [0.25, 0.3) is 0 Å². The Morgan fingerprint density at radius 2 is 1.89 bits per heavy atom. The Morgan fingerprint density at radius 3 is 2.52 bits per heavy atom. The number of fused-ring (bicyclic) bond motifs is 1. The summed E-state index contributed by atoms with van der Waals surface area (Å²) in [6.07, 6.45) is 1.69. The van der Waals surface area contributed by atoms with E-state index in [0.29, 0.717) is 32.6 Å². The highest BCUT2D eigenvalue weighted by Gasteiger charge is 2.42. The Bertz CT molecular complexity index is 799. The SMILES string of the molecule is CC(=O)N[C@H]1CN(Cc2ccccc2)C[C@@H]2C[C@H](NS(C)(=O)=O)CN2C1=O. The molecule has 0 saturated carbocycles. The fraction of sp³-hybridized carbons (Fsp3) is 0.556. The van der Waals surface area contributed by atoms with E-state index >= 15 is 0 Å². The van der Waals surface area contributed by atoms with Crippen LogP contribution >= 0.6 is 0 Å². The van der Waals surface area contributed by atoms with Crippen molar-refractivity contribution in [3.63, 3.8) is 0 Å². The van der Waals surface area contributed by atoms with Gasteiger partial charge in [-0.3, -0.25) is 14.5 Å². The standard InChI is InChI=1S/C18H26N4O4S/c1-13(23)19-17-12-21(9-14-6-4-3-5-7-14)11-16-8-15(20-27(2,25)26)10-22(16)18(17)24/h3-7,15-17,20H,8-12H2,1-2H3,(H,19,23)/t15-,16-,17-/m0/s1. The molecule has 0 radical (unpaired) electrons. The highest BCUT2D eigenvalue weighted by molar-refractivity contribution is 7.88. The van der Waals surface area contributed by atoms with E-state index in [1.165, 1.54) is 6.92 Å². The lowest BCUT2D eigenvalue weighted by atomic mass is 10.1. The maximum Gasteiger partial charge on any atom is 0.246 e. The highest BCUT2D eigenvalue weighted by atomic mass is 32.2. The quantitative estimate of drug-likeness (QED) is 0.703. The normalized spacial score (nSPS) is 26.5. The summed E-state index contributed by atoms with van der Waals surface area (Å²) < 4.78 is 25.8. The molecular weight excluding hydrogens is 368 g/mol. The molecule has 2 amide bonds. The number of sulfonamides is 1. The van der Waals surface area contributed by atoms with E-state index in [2.05, 4.69) is 14.9 Å². The van der Waals surface area contributed by atoms with Crippen LogP contribution in [-0.4, -0.2) is 74.0 Å². The first-order valence-corrected chi connectivity index (χ1v) is 10.9. The topological polar surface area (TPSA) is 98.8 Å². The fourth-order valence-corrected chi connectivity index (χ4v) is 4.76. The summed E-state index contributed by atoms with van der Waals surface area (Å²) in [7, 11) is -3.34. The monoisotopic (exact) mass is 394 g/mol. The molecule has 8 nitrogen and oxygen atoms in total. The minimum atomic E-state index is -3.34. The van der Waals surface area contributed by atoms with Crippen molar-refractivity contribution in [1.29, 1.82) is 0 Å². The van der Waals surface area contributed by atoms with Gasteiger partial charge in [-0.05, 0) is 12.0 Å². The number of hydrogen-bond donors (Lipinski definition) is 2. The van der Waals surface area contributed by atoms with Gasteiger partial charge in [0.05, 0.1) is 6.26 Å². The Hall–Kier alpha value is -1.97. The number of nitrogens with zero attached hydrogens (tertiary/aromatic N) is 2. The van der Waals surface area contributed by atoms with E-state index in [-0.39, 0.29) is 23.9 Å². The van der Waals surface area contributed by atoms with E-state index in [4.69, 9.17) is 0 Å². The minimum absolute atomic E-state index is 0.0841. The van der Waals surface area contributed by atoms with Crippen molar-refractivity contribution in [3.05, 3.63) is 35.9 Å². The summed E-state index contributed by atoms with van der Waals surface area (Å²) in [5.41, 5.74) is 1.13. The van der Waals surface area contributed by atoms with Crippen molar-refractivity contribution < 1.29 is 18.0 Å². The van der Waals surface area contributed by atoms with Crippen molar-refractivity contribution in [2.24, 2.45) is 0 Å².